The number of benzene rings is 2. The molecule has 0 saturated heterocycles. The van der Waals surface area contributed by atoms with Crippen LogP contribution >= 0.6 is 11.6 Å². The molecular weight excluding hydrogens is 228 g/mol. The topological polar surface area (TPSA) is 0 Å². The first-order valence-electron chi connectivity index (χ1n) is 5.46. The molecule has 0 heterocycles. The van der Waals surface area contributed by atoms with Crippen molar-refractivity contribution in [3.8, 4) is 12.3 Å². The van der Waals surface area contributed by atoms with Gasteiger partial charge in [-0.15, -0.1) is 6.42 Å². The van der Waals surface area contributed by atoms with Crippen LogP contribution in [0.25, 0.3) is 0 Å². The molecule has 84 valence electrons. The molecule has 0 N–H and O–H groups in total. The van der Waals surface area contributed by atoms with Gasteiger partial charge >= 0.3 is 0 Å². The molecule has 0 spiro atoms. The average Bonchev–Trinajstić information content (AvgIpc) is 2.40. The monoisotopic (exact) mass is 240 g/mol. The van der Waals surface area contributed by atoms with Crippen LogP contribution in [0.2, 0.25) is 5.02 Å². The highest BCUT2D eigenvalue weighted by Crippen LogP contribution is 2.31. The zero-order valence-corrected chi connectivity index (χ0v) is 10.4. The Bertz CT molecular complexity index is 534. The van der Waals surface area contributed by atoms with E-state index in [4.69, 9.17) is 18.0 Å². The van der Waals surface area contributed by atoms with Crippen LogP contribution in [-0.4, -0.2) is 0 Å². The van der Waals surface area contributed by atoms with E-state index in [0.29, 0.717) is 0 Å². The third-order valence-electron chi connectivity index (χ3n) is 3.06. The summed E-state index contributed by atoms with van der Waals surface area (Å²) in [6.07, 6.45) is 5.73. The number of rotatable bonds is 2. The second-order valence-electron chi connectivity index (χ2n) is 4.14. The number of halogens is 1. The Balaban J connectivity index is 2.53. The Morgan fingerprint density at radius 3 is 2.00 bits per heavy atom. The van der Waals surface area contributed by atoms with Crippen molar-refractivity contribution in [2.45, 2.75) is 12.3 Å². The summed E-state index contributed by atoms with van der Waals surface area (Å²) in [6.45, 7) is 2.05. The summed E-state index contributed by atoms with van der Waals surface area (Å²) in [7, 11) is 0. The van der Waals surface area contributed by atoms with Gasteiger partial charge < -0.3 is 0 Å². The van der Waals surface area contributed by atoms with Crippen LogP contribution in [0.5, 0.6) is 0 Å². The quantitative estimate of drug-likeness (QED) is 0.688. The predicted octanol–water partition coefficient (Wildman–Crippen LogP) is 4.28. The van der Waals surface area contributed by atoms with E-state index in [1.54, 1.807) is 0 Å². The molecule has 0 aliphatic heterocycles. The maximum absolute atomic E-state index is 5.90. The maximum atomic E-state index is 5.90. The molecule has 2 rings (SSSR count). The van der Waals surface area contributed by atoms with Gasteiger partial charge in [0.25, 0.3) is 0 Å². The normalized spacial score (nSPS) is 13.7. The van der Waals surface area contributed by atoms with E-state index in [0.717, 1.165) is 16.1 Å². The lowest BCUT2D eigenvalue weighted by molar-refractivity contribution is 0.754. The van der Waals surface area contributed by atoms with Crippen LogP contribution in [0.3, 0.4) is 0 Å². The summed E-state index contributed by atoms with van der Waals surface area (Å²) in [6, 6.07) is 17.8. The minimum atomic E-state index is -0.411. The summed E-state index contributed by atoms with van der Waals surface area (Å²) in [5.41, 5.74) is 1.78. The van der Waals surface area contributed by atoms with Gasteiger partial charge in [0, 0.05) is 5.02 Å². The van der Waals surface area contributed by atoms with Crippen LogP contribution < -0.4 is 0 Å². The van der Waals surface area contributed by atoms with Crippen molar-refractivity contribution in [3.63, 3.8) is 0 Å². The summed E-state index contributed by atoms with van der Waals surface area (Å²) in [4.78, 5) is 0. The SMILES string of the molecule is C#CC(C)(c1ccccc1)c1ccc(Cl)cc1. The van der Waals surface area contributed by atoms with Gasteiger partial charge in [-0.25, -0.2) is 0 Å². The third kappa shape index (κ3) is 2.20. The molecule has 0 aliphatic carbocycles. The Hall–Kier alpha value is -1.71. The molecular formula is C16H13Cl. The van der Waals surface area contributed by atoms with Crippen molar-refractivity contribution >= 4 is 11.6 Å². The van der Waals surface area contributed by atoms with Gasteiger partial charge in [0.1, 0.15) is 0 Å². The fourth-order valence-corrected chi connectivity index (χ4v) is 2.01. The standard InChI is InChI=1S/C16H13Cl/c1-3-16(2,13-7-5-4-6-8-13)14-9-11-15(17)12-10-14/h1,4-12H,2H3. The Kier molecular flexibility index (Phi) is 3.22. The van der Waals surface area contributed by atoms with Gasteiger partial charge in [-0.3, -0.25) is 0 Å². The molecule has 0 fully saturated rings. The van der Waals surface area contributed by atoms with Crippen LogP contribution in [0.4, 0.5) is 0 Å². The lowest BCUT2D eigenvalue weighted by Crippen LogP contribution is -2.20. The smallest absolute Gasteiger partial charge is 0.0781 e. The second-order valence-corrected chi connectivity index (χ2v) is 4.58. The number of hydrogen-bond donors (Lipinski definition) is 0. The van der Waals surface area contributed by atoms with E-state index in [2.05, 4.69) is 18.1 Å². The largest absolute Gasteiger partial charge is 0.119 e. The fourth-order valence-electron chi connectivity index (χ4n) is 1.89. The van der Waals surface area contributed by atoms with E-state index in [1.165, 1.54) is 0 Å². The molecule has 1 unspecified atom stereocenters. The molecule has 0 aliphatic rings. The van der Waals surface area contributed by atoms with Crippen molar-refractivity contribution in [3.05, 3.63) is 70.7 Å². The molecule has 2 aromatic carbocycles. The Labute approximate surface area is 107 Å². The third-order valence-corrected chi connectivity index (χ3v) is 3.31. The van der Waals surface area contributed by atoms with Gasteiger partial charge in [0.15, 0.2) is 0 Å². The summed E-state index contributed by atoms with van der Waals surface area (Å²) < 4.78 is 0. The van der Waals surface area contributed by atoms with Gasteiger partial charge in [-0.05, 0) is 30.2 Å². The molecule has 17 heavy (non-hydrogen) atoms. The van der Waals surface area contributed by atoms with E-state index in [1.807, 2.05) is 49.4 Å². The van der Waals surface area contributed by atoms with Crippen molar-refractivity contribution in [2.75, 3.05) is 0 Å². The number of terminal acetylenes is 1. The molecule has 1 heteroatoms. The first-order valence-corrected chi connectivity index (χ1v) is 5.84. The van der Waals surface area contributed by atoms with E-state index >= 15 is 0 Å². The van der Waals surface area contributed by atoms with Gasteiger partial charge in [0.2, 0.25) is 0 Å². The van der Waals surface area contributed by atoms with Crippen molar-refractivity contribution in [1.82, 2.24) is 0 Å². The van der Waals surface area contributed by atoms with Crippen LogP contribution in [0, 0.1) is 12.3 Å². The minimum Gasteiger partial charge on any atom is -0.119 e. The second kappa shape index (κ2) is 4.65. The first-order chi connectivity index (χ1) is 8.16. The summed E-state index contributed by atoms with van der Waals surface area (Å²) in [5.74, 6) is 2.89. The molecule has 0 aromatic heterocycles. The van der Waals surface area contributed by atoms with E-state index in [9.17, 15) is 0 Å². The van der Waals surface area contributed by atoms with Gasteiger partial charge in [-0.1, -0.05) is 60.0 Å². The highest BCUT2D eigenvalue weighted by atomic mass is 35.5. The van der Waals surface area contributed by atoms with Crippen LogP contribution in [0.15, 0.2) is 54.6 Å². The zero-order valence-electron chi connectivity index (χ0n) is 9.65. The Morgan fingerprint density at radius 2 is 1.47 bits per heavy atom. The molecule has 0 nitrogen and oxygen atoms in total. The fraction of sp³-hybridized carbons (Fsp3) is 0.125. The van der Waals surface area contributed by atoms with Crippen molar-refractivity contribution in [2.24, 2.45) is 0 Å². The molecule has 0 saturated carbocycles. The maximum Gasteiger partial charge on any atom is 0.0781 e. The Morgan fingerprint density at radius 1 is 0.941 bits per heavy atom. The van der Waals surface area contributed by atoms with Crippen molar-refractivity contribution in [1.29, 1.82) is 0 Å². The molecule has 2 aromatic rings. The zero-order chi connectivity index (χ0) is 12.3. The lowest BCUT2D eigenvalue weighted by Gasteiger charge is -2.24. The van der Waals surface area contributed by atoms with Gasteiger partial charge in [-0.2, -0.15) is 0 Å². The predicted molar refractivity (Wildman–Crippen MR) is 73.2 cm³/mol. The average molecular weight is 241 g/mol. The first kappa shape index (κ1) is 11.8. The van der Waals surface area contributed by atoms with Crippen LogP contribution in [-0.2, 0) is 5.41 Å². The summed E-state index contributed by atoms with van der Waals surface area (Å²) in [5, 5.41) is 0.723. The van der Waals surface area contributed by atoms with Crippen LogP contribution in [0.1, 0.15) is 18.1 Å². The molecule has 0 amide bonds. The summed E-state index contributed by atoms with van der Waals surface area (Å²) >= 11 is 5.90. The van der Waals surface area contributed by atoms with E-state index < -0.39 is 5.41 Å². The van der Waals surface area contributed by atoms with Crippen molar-refractivity contribution < 1.29 is 0 Å². The highest BCUT2D eigenvalue weighted by Gasteiger charge is 2.25. The molecule has 0 radical (unpaired) electrons. The van der Waals surface area contributed by atoms with Gasteiger partial charge in [0.05, 0.1) is 5.41 Å². The minimum absolute atomic E-state index is 0.411. The molecule has 0 bridgehead atoms. The molecule has 1 atom stereocenters. The number of hydrogen-bond acceptors (Lipinski definition) is 0. The van der Waals surface area contributed by atoms with E-state index in [-0.39, 0.29) is 0 Å². The highest BCUT2D eigenvalue weighted by molar-refractivity contribution is 6.30. The lowest BCUT2D eigenvalue weighted by atomic mass is 9.77.